The molecule has 0 aliphatic carbocycles. The van der Waals surface area contributed by atoms with Gasteiger partial charge in [0.2, 0.25) is 0 Å². The first-order chi connectivity index (χ1) is 16.2. The summed E-state index contributed by atoms with van der Waals surface area (Å²) in [6, 6.07) is 18.6. The summed E-state index contributed by atoms with van der Waals surface area (Å²) in [6.07, 6.45) is -2.41. The third-order valence-corrected chi connectivity index (χ3v) is 5.51. The number of benzene rings is 3. The van der Waals surface area contributed by atoms with Crippen LogP contribution in [0.2, 0.25) is 0 Å². The summed E-state index contributed by atoms with van der Waals surface area (Å²) in [4.78, 5) is 13.0. The van der Waals surface area contributed by atoms with Gasteiger partial charge in [-0.05, 0) is 54.3 Å². The number of anilines is 1. The second-order valence-corrected chi connectivity index (χ2v) is 8.15. The zero-order valence-corrected chi connectivity index (χ0v) is 19.2. The zero-order chi connectivity index (χ0) is 24.7. The van der Waals surface area contributed by atoms with Gasteiger partial charge in [-0.1, -0.05) is 55.8 Å². The van der Waals surface area contributed by atoms with Crippen LogP contribution in [0.5, 0.6) is 5.75 Å². The predicted molar refractivity (Wildman–Crippen MR) is 127 cm³/mol. The molecule has 3 aromatic carbocycles. The van der Waals surface area contributed by atoms with Crippen molar-refractivity contribution in [1.29, 1.82) is 0 Å². The minimum atomic E-state index is -4.37. The van der Waals surface area contributed by atoms with E-state index in [0.29, 0.717) is 12.3 Å². The summed E-state index contributed by atoms with van der Waals surface area (Å²) in [5, 5.41) is 8.84. The van der Waals surface area contributed by atoms with Gasteiger partial charge in [-0.15, -0.1) is 0 Å². The van der Waals surface area contributed by atoms with Crippen molar-refractivity contribution in [3.63, 3.8) is 0 Å². The van der Waals surface area contributed by atoms with Crippen LogP contribution in [-0.4, -0.2) is 24.2 Å². The van der Waals surface area contributed by atoms with Gasteiger partial charge in [0, 0.05) is 24.3 Å². The Hall–Kier alpha value is -3.48. The zero-order valence-electron chi connectivity index (χ0n) is 19.2. The molecule has 0 spiro atoms. The Bertz CT molecular complexity index is 1110. The molecule has 0 fully saturated rings. The maximum Gasteiger partial charge on any atom is 0.416 e. The van der Waals surface area contributed by atoms with E-state index in [4.69, 9.17) is 9.84 Å². The molecule has 0 saturated carbocycles. The fraction of sp³-hybridized carbons (Fsp3) is 0.296. The molecule has 0 aliphatic heterocycles. The van der Waals surface area contributed by atoms with Gasteiger partial charge in [0.15, 0.2) is 6.61 Å². The summed E-state index contributed by atoms with van der Waals surface area (Å²) >= 11 is 0. The number of nitrogens with zero attached hydrogens (tertiary/aromatic N) is 1. The van der Waals surface area contributed by atoms with Crippen molar-refractivity contribution < 1.29 is 27.8 Å². The van der Waals surface area contributed by atoms with Crippen LogP contribution in [-0.2, 0) is 17.5 Å². The normalized spacial score (nSPS) is 11.3. The molecule has 0 atom stereocenters. The van der Waals surface area contributed by atoms with Crippen molar-refractivity contribution in [2.24, 2.45) is 0 Å². The Morgan fingerprint density at radius 2 is 1.74 bits per heavy atom. The lowest BCUT2D eigenvalue weighted by atomic mass is 10.0. The van der Waals surface area contributed by atoms with E-state index >= 15 is 0 Å². The Labute approximate surface area is 197 Å². The Kier molecular flexibility index (Phi) is 8.21. The van der Waals surface area contributed by atoms with Crippen molar-refractivity contribution in [1.82, 2.24) is 0 Å². The number of carboxylic acids is 1. The average molecular weight is 472 g/mol. The first-order valence-electron chi connectivity index (χ1n) is 11.1. The van der Waals surface area contributed by atoms with Gasteiger partial charge in [-0.3, -0.25) is 0 Å². The third kappa shape index (κ3) is 6.53. The minimum Gasteiger partial charge on any atom is -0.482 e. The van der Waals surface area contributed by atoms with Crippen molar-refractivity contribution in [3.05, 3.63) is 83.4 Å². The number of hydrogen-bond donors (Lipinski definition) is 1. The number of halogens is 3. The van der Waals surface area contributed by atoms with Crippen LogP contribution in [0.1, 0.15) is 36.5 Å². The lowest BCUT2D eigenvalue weighted by Gasteiger charge is -2.28. The maximum atomic E-state index is 13.0. The van der Waals surface area contributed by atoms with E-state index in [1.165, 1.54) is 12.1 Å². The van der Waals surface area contributed by atoms with Crippen molar-refractivity contribution >= 4 is 11.7 Å². The van der Waals surface area contributed by atoms with Gasteiger partial charge in [0.1, 0.15) is 5.75 Å². The van der Waals surface area contributed by atoms with E-state index in [1.54, 1.807) is 6.07 Å². The lowest BCUT2D eigenvalue weighted by molar-refractivity contribution is -0.139. The molecule has 0 radical (unpaired) electrons. The Morgan fingerprint density at radius 1 is 1.03 bits per heavy atom. The monoisotopic (exact) mass is 471 g/mol. The third-order valence-electron chi connectivity index (χ3n) is 5.51. The number of alkyl halides is 3. The molecule has 0 bridgehead atoms. The second kappa shape index (κ2) is 11.1. The number of carbonyl (C=O) groups is 1. The minimum absolute atomic E-state index is 0.399. The van der Waals surface area contributed by atoms with Gasteiger partial charge in [-0.25, -0.2) is 4.79 Å². The van der Waals surface area contributed by atoms with Crippen LogP contribution < -0.4 is 9.64 Å². The van der Waals surface area contributed by atoms with Crippen LogP contribution in [0.4, 0.5) is 18.9 Å². The molecule has 7 heteroatoms. The van der Waals surface area contributed by atoms with Crippen molar-refractivity contribution in [2.75, 3.05) is 18.1 Å². The molecular formula is C27H28F3NO3. The van der Waals surface area contributed by atoms with Gasteiger partial charge in [0.25, 0.3) is 0 Å². The summed E-state index contributed by atoms with van der Waals surface area (Å²) in [5.41, 5.74) is 3.73. The largest absolute Gasteiger partial charge is 0.482 e. The topological polar surface area (TPSA) is 49.8 Å². The molecule has 1 N–H and O–H groups in total. The molecule has 0 saturated heterocycles. The summed E-state index contributed by atoms with van der Waals surface area (Å²) in [6.45, 7) is 4.96. The fourth-order valence-corrected chi connectivity index (χ4v) is 3.80. The number of rotatable bonds is 10. The lowest BCUT2D eigenvalue weighted by Crippen LogP contribution is -2.24. The highest BCUT2D eigenvalue weighted by Crippen LogP contribution is 2.35. The molecule has 0 amide bonds. The molecule has 3 aromatic rings. The summed E-state index contributed by atoms with van der Waals surface area (Å²) < 4.78 is 44.4. The van der Waals surface area contributed by atoms with Gasteiger partial charge in [-0.2, -0.15) is 13.2 Å². The van der Waals surface area contributed by atoms with Crippen LogP contribution in [0.25, 0.3) is 11.1 Å². The standard InChI is InChI=1S/C27H28F3NO3/c1-3-4-15-31(17-20-9-14-25(19(2)16-20)34-18-26(32)33)24-8-6-5-7-23(24)21-10-12-22(13-11-21)27(28,29)30/h5-14,16H,3-4,15,17-18H2,1-2H3,(H,32,33). The molecule has 34 heavy (non-hydrogen) atoms. The molecular weight excluding hydrogens is 443 g/mol. The first-order valence-corrected chi connectivity index (χ1v) is 11.1. The number of aliphatic carboxylic acids is 1. The van der Waals surface area contributed by atoms with E-state index in [-0.39, 0.29) is 0 Å². The van der Waals surface area contributed by atoms with E-state index in [1.807, 2.05) is 43.3 Å². The average Bonchev–Trinajstić information content (AvgIpc) is 2.80. The summed E-state index contributed by atoms with van der Waals surface area (Å²) in [7, 11) is 0. The molecule has 0 aromatic heterocycles. The van der Waals surface area contributed by atoms with E-state index in [0.717, 1.165) is 59.5 Å². The molecule has 0 heterocycles. The molecule has 0 unspecified atom stereocenters. The van der Waals surface area contributed by atoms with Gasteiger partial charge in [0.05, 0.1) is 5.56 Å². The molecule has 180 valence electrons. The SMILES string of the molecule is CCCCN(Cc1ccc(OCC(=O)O)c(C)c1)c1ccccc1-c1ccc(C(F)(F)F)cc1. The number of ether oxygens (including phenoxy) is 1. The number of hydrogen-bond acceptors (Lipinski definition) is 3. The van der Waals surface area contributed by atoms with E-state index in [2.05, 4.69) is 11.8 Å². The highest BCUT2D eigenvalue weighted by atomic mass is 19.4. The molecule has 3 rings (SSSR count). The van der Waals surface area contributed by atoms with E-state index < -0.39 is 24.3 Å². The maximum absolute atomic E-state index is 13.0. The summed E-state index contributed by atoms with van der Waals surface area (Å²) in [5.74, 6) is -0.509. The quantitative estimate of drug-likeness (QED) is 0.348. The number of unbranched alkanes of at least 4 members (excludes halogenated alkanes) is 1. The van der Waals surface area contributed by atoms with Crippen LogP contribution >= 0.6 is 0 Å². The Balaban J connectivity index is 1.90. The highest BCUT2D eigenvalue weighted by Gasteiger charge is 2.30. The van der Waals surface area contributed by atoms with Crippen molar-refractivity contribution in [3.8, 4) is 16.9 Å². The fourth-order valence-electron chi connectivity index (χ4n) is 3.80. The second-order valence-electron chi connectivity index (χ2n) is 8.15. The van der Waals surface area contributed by atoms with Crippen molar-refractivity contribution in [2.45, 2.75) is 39.4 Å². The van der Waals surface area contributed by atoms with Crippen LogP contribution in [0.15, 0.2) is 66.7 Å². The van der Waals surface area contributed by atoms with Crippen LogP contribution in [0, 0.1) is 6.92 Å². The molecule has 4 nitrogen and oxygen atoms in total. The van der Waals surface area contributed by atoms with E-state index in [9.17, 15) is 18.0 Å². The predicted octanol–water partition coefficient (Wildman–Crippen LogP) is 6.95. The highest BCUT2D eigenvalue weighted by molar-refractivity contribution is 5.79. The smallest absolute Gasteiger partial charge is 0.416 e. The number of aryl methyl sites for hydroxylation is 1. The van der Waals surface area contributed by atoms with Gasteiger partial charge < -0.3 is 14.7 Å². The number of carboxylic acid groups (broad SMARTS) is 1. The van der Waals surface area contributed by atoms with Gasteiger partial charge >= 0.3 is 12.1 Å². The first kappa shape index (κ1) is 25.1. The number of para-hydroxylation sites is 1. The Morgan fingerprint density at radius 3 is 2.35 bits per heavy atom. The van der Waals surface area contributed by atoms with Crippen LogP contribution in [0.3, 0.4) is 0 Å². The molecule has 0 aliphatic rings.